The van der Waals surface area contributed by atoms with Crippen molar-refractivity contribution in [2.24, 2.45) is 0 Å². The SMILES string of the molecule is O=C(NCCc1cccc(Cl)c1)c1cccc(C(=O)Nc2cccc(F)c2)c1. The first-order valence-corrected chi connectivity index (χ1v) is 9.09. The largest absolute Gasteiger partial charge is 0.352 e. The van der Waals surface area contributed by atoms with E-state index in [1.807, 2.05) is 18.2 Å². The van der Waals surface area contributed by atoms with E-state index >= 15 is 0 Å². The highest BCUT2D eigenvalue weighted by molar-refractivity contribution is 6.30. The van der Waals surface area contributed by atoms with E-state index < -0.39 is 11.7 Å². The number of amides is 2. The molecular weight excluding hydrogens is 379 g/mol. The fourth-order valence-corrected chi connectivity index (χ4v) is 2.90. The highest BCUT2D eigenvalue weighted by atomic mass is 35.5. The Labute approximate surface area is 167 Å². The van der Waals surface area contributed by atoms with E-state index in [2.05, 4.69) is 10.6 Å². The standard InChI is InChI=1S/C22H18ClFN2O2/c23-18-7-1-4-15(12-18)10-11-25-21(27)16-5-2-6-17(13-16)22(28)26-20-9-3-8-19(24)14-20/h1-9,12-14H,10-11H2,(H,25,27)(H,26,28). The number of rotatable bonds is 6. The van der Waals surface area contributed by atoms with Gasteiger partial charge in [0.1, 0.15) is 5.82 Å². The quantitative estimate of drug-likeness (QED) is 0.634. The third-order valence-electron chi connectivity index (χ3n) is 4.06. The van der Waals surface area contributed by atoms with Crippen molar-refractivity contribution in [1.82, 2.24) is 5.32 Å². The van der Waals surface area contributed by atoms with E-state index in [-0.39, 0.29) is 5.91 Å². The second kappa shape index (κ2) is 9.15. The van der Waals surface area contributed by atoms with Gasteiger partial charge in [-0.2, -0.15) is 0 Å². The monoisotopic (exact) mass is 396 g/mol. The molecule has 0 saturated heterocycles. The van der Waals surface area contributed by atoms with Crippen LogP contribution < -0.4 is 10.6 Å². The highest BCUT2D eigenvalue weighted by Gasteiger charge is 2.11. The van der Waals surface area contributed by atoms with Gasteiger partial charge in [0.2, 0.25) is 0 Å². The number of halogens is 2. The van der Waals surface area contributed by atoms with E-state index in [1.165, 1.54) is 24.3 Å². The Morgan fingerprint density at radius 1 is 0.857 bits per heavy atom. The minimum Gasteiger partial charge on any atom is -0.352 e. The first-order valence-electron chi connectivity index (χ1n) is 8.71. The van der Waals surface area contributed by atoms with Crippen LogP contribution in [0.3, 0.4) is 0 Å². The zero-order chi connectivity index (χ0) is 19.9. The molecule has 3 rings (SSSR count). The van der Waals surface area contributed by atoms with Crippen LogP contribution in [-0.4, -0.2) is 18.4 Å². The van der Waals surface area contributed by atoms with Crippen molar-refractivity contribution < 1.29 is 14.0 Å². The average molecular weight is 397 g/mol. The summed E-state index contributed by atoms with van der Waals surface area (Å²) in [5, 5.41) is 6.09. The van der Waals surface area contributed by atoms with Gasteiger partial charge in [-0.1, -0.05) is 35.9 Å². The molecule has 0 unspecified atom stereocenters. The third-order valence-corrected chi connectivity index (χ3v) is 4.29. The lowest BCUT2D eigenvalue weighted by Crippen LogP contribution is -2.26. The molecule has 0 radical (unpaired) electrons. The lowest BCUT2D eigenvalue weighted by Gasteiger charge is -2.08. The van der Waals surface area contributed by atoms with Crippen LogP contribution in [0.2, 0.25) is 5.02 Å². The maximum absolute atomic E-state index is 13.2. The molecule has 0 bridgehead atoms. The van der Waals surface area contributed by atoms with Crippen LogP contribution in [0.15, 0.2) is 72.8 Å². The van der Waals surface area contributed by atoms with Gasteiger partial charge in [0.25, 0.3) is 11.8 Å². The number of hydrogen-bond acceptors (Lipinski definition) is 2. The van der Waals surface area contributed by atoms with Gasteiger partial charge in [-0.3, -0.25) is 9.59 Å². The van der Waals surface area contributed by atoms with Crippen molar-refractivity contribution in [3.8, 4) is 0 Å². The van der Waals surface area contributed by atoms with Crippen molar-refractivity contribution in [2.45, 2.75) is 6.42 Å². The molecule has 6 heteroatoms. The molecule has 2 amide bonds. The van der Waals surface area contributed by atoms with Crippen molar-refractivity contribution in [2.75, 3.05) is 11.9 Å². The summed E-state index contributed by atoms with van der Waals surface area (Å²) in [4.78, 5) is 24.7. The van der Waals surface area contributed by atoms with E-state index in [0.29, 0.717) is 34.8 Å². The lowest BCUT2D eigenvalue weighted by molar-refractivity contribution is 0.0954. The van der Waals surface area contributed by atoms with Crippen LogP contribution >= 0.6 is 11.6 Å². The highest BCUT2D eigenvalue weighted by Crippen LogP contribution is 2.13. The van der Waals surface area contributed by atoms with Gasteiger partial charge in [0, 0.05) is 28.4 Å². The second-order valence-corrected chi connectivity index (χ2v) is 6.62. The Morgan fingerprint density at radius 2 is 1.57 bits per heavy atom. The minimum absolute atomic E-state index is 0.276. The maximum atomic E-state index is 13.2. The summed E-state index contributed by atoms with van der Waals surface area (Å²) in [5.74, 6) is -1.13. The van der Waals surface area contributed by atoms with E-state index in [0.717, 1.165) is 5.56 Å². The van der Waals surface area contributed by atoms with Crippen LogP contribution in [0.4, 0.5) is 10.1 Å². The van der Waals surface area contributed by atoms with Crippen LogP contribution in [0.5, 0.6) is 0 Å². The molecule has 0 spiro atoms. The van der Waals surface area contributed by atoms with Crippen LogP contribution in [0.25, 0.3) is 0 Å². The van der Waals surface area contributed by atoms with E-state index in [4.69, 9.17) is 11.6 Å². The molecule has 28 heavy (non-hydrogen) atoms. The first kappa shape index (κ1) is 19.6. The van der Waals surface area contributed by atoms with Crippen molar-refractivity contribution in [3.05, 3.63) is 100 Å². The van der Waals surface area contributed by atoms with Gasteiger partial charge in [0.05, 0.1) is 0 Å². The van der Waals surface area contributed by atoms with Gasteiger partial charge in [0.15, 0.2) is 0 Å². The topological polar surface area (TPSA) is 58.2 Å². The zero-order valence-electron chi connectivity index (χ0n) is 14.9. The number of benzene rings is 3. The molecule has 3 aromatic carbocycles. The molecule has 142 valence electrons. The lowest BCUT2D eigenvalue weighted by atomic mass is 10.1. The zero-order valence-corrected chi connectivity index (χ0v) is 15.7. The number of nitrogens with one attached hydrogen (secondary N) is 2. The molecular formula is C22H18ClFN2O2. The minimum atomic E-state index is -0.439. The molecule has 0 saturated carbocycles. The Balaban J connectivity index is 1.60. The Bertz CT molecular complexity index is 1010. The predicted molar refractivity (Wildman–Crippen MR) is 108 cm³/mol. The first-order chi connectivity index (χ1) is 13.5. The summed E-state index contributed by atoms with van der Waals surface area (Å²) in [5.41, 5.74) is 2.06. The van der Waals surface area contributed by atoms with Crippen molar-refractivity contribution in [1.29, 1.82) is 0 Å². The molecule has 0 aliphatic heterocycles. The van der Waals surface area contributed by atoms with Crippen LogP contribution in [-0.2, 0) is 6.42 Å². The normalized spacial score (nSPS) is 10.4. The van der Waals surface area contributed by atoms with Gasteiger partial charge in [-0.25, -0.2) is 4.39 Å². The Morgan fingerprint density at radius 3 is 2.32 bits per heavy atom. The number of carbonyl (C=O) groups excluding carboxylic acids is 2. The molecule has 0 aliphatic carbocycles. The van der Waals surface area contributed by atoms with Gasteiger partial charge >= 0.3 is 0 Å². The molecule has 0 aliphatic rings. The van der Waals surface area contributed by atoms with Crippen molar-refractivity contribution in [3.63, 3.8) is 0 Å². The Hall–Kier alpha value is -3.18. The number of anilines is 1. The fourth-order valence-electron chi connectivity index (χ4n) is 2.69. The van der Waals surface area contributed by atoms with E-state index in [9.17, 15) is 14.0 Å². The summed E-state index contributed by atoms with van der Waals surface area (Å²) in [6, 6.07) is 19.4. The smallest absolute Gasteiger partial charge is 0.255 e. The summed E-state index contributed by atoms with van der Waals surface area (Å²) in [6.45, 7) is 0.443. The summed E-state index contributed by atoms with van der Waals surface area (Å²) >= 11 is 5.95. The molecule has 0 atom stereocenters. The summed E-state index contributed by atoms with van der Waals surface area (Å²) < 4.78 is 13.2. The van der Waals surface area contributed by atoms with Gasteiger partial charge in [-0.05, 0) is 60.5 Å². The molecule has 0 heterocycles. The molecule has 0 fully saturated rings. The second-order valence-electron chi connectivity index (χ2n) is 6.18. The fraction of sp³-hybridized carbons (Fsp3) is 0.0909. The Kier molecular flexibility index (Phi) is 6.40. The van der Waals surface area contributed by atoms with Crippen LogP contribution in [0, 0.1) is 5.82 Å². The maximum Gasteiger partial charge on any atom is 0.255 e. The molecule has 3 aromatic rings. The molecule has 4 nitrogen and oxygen atoms in total. The summed E-state index contributed by atoms with van der Waals surface area (Å²) in [7, 11) is 0. The van der Waals surface area contributed by atoms with Gasteiger partial charge < -0.3 is 10.6 Å². The number of carbonyl (C=O) groups is 2. The van der Waals surface area contributed by atoms with E-state index in [1.54, 1.807) is 30.3 Å². The predicted octanol–water partition coefficient (Wildman–Crippen LogP) is 4.70. The van der Waals surface area contributed by atoms with Gasteiger partial charge in [-0.15, -0.1) is 0 Å². The summed E-state index contributed by atoms with van der Waals surface area (Å²) in [6.07, 6.45) is 0.645. The number of hydrogen-bond donors (Lipinski definition) is 2. The average Bonchev–Trinajstić information content (AvgIpc) is 2.68. The molecule has 0 aromatic heterocycles. The molecule has 2 N–H and O–H groups in total. The van der Waals surface area contributed by atoms with Crippen LogP contribution in [0.1, 0.15) is 26.3 Å². The van der Waals surface area contributed by atoms with Crippen molar-refractivity contribution >= 4 is 29.1 Å². The third kappa shape index (κ3) is 5.41.